The summed E-state index contributed by atoms with van der Waals surface area (Å²) in [5, 5.41) is 8.34. The van der Waals surface area contributed by atoms with E-state index in [2.05, 4.69) is 20.9 Å². The predicted octanol–water partition coefficient (Wildman–Crippen LogP) is 5.60. The first kappa shape index (κ1) is 37.2. The Balaban J connectivity index is 1.33. The third-order valence-corrected chi connectivity index (χ3v) is 12.6. The third-order valence-electron chi connectivity index (χ3n) is 10.1. The number of alkyl halides is 2. The number of benzene rings is 1. The van der Waals surface area contributed by atoms with Crippen LogP contribution in [-0.4, -0.2) is 82.8 Å². The molecule has 49 heavy (non-hydrogen) atoms. The number of hydrogen-bond acceptors (Lipinski definition) is 7. The number of aryl methyl sites for hydroxylation is 1. The molecule has 4 atom stereocenters. The van der Waals surface area contributed by atoms with E-state index in [9.17, 15) is 19.2 Å². The molecule has 2 aliphatic heterocycles. The maximum absolute atomic E-state index is 15.8. The van der Waals surface area contributed by atoms with Gasteiger partial charge in [0.1, 0.15) is 22.0 Å². The van der Waals surface area contributed by atoms with Crippen LogP contribution in [0.2, 0.25) is 0 Å². The molecule has 3 N–H and O–H groups in total. The summed E-state index contributed by atoms with van der Waals surface area (Å²) < 4.78 is 44.8. The largest absolute Gasteiger partial charge is 0.350 e. The van der Waals surface area contributed by atoms with E-state index in [1.165, 1.54) is 23.6 Å². The van der Waals surface area contributed by atoms with Gasteiger partial charge in [-0.2, -0.15) is 8.78 Å². The molecule has 268 valence electrons. The molecule has 1 saturated carbocycles. The molecule has 9 nitrogen and oxygen atoms in total. The number of rotatable bonds is 11. The van der Waals surface area contributed by atoms with Crippen molar-refractivity contribution in [3.63, 3.8) is 0 Å². The van der Waals surface area contributed by atoms with Crippen molar-refractivity contribution in [1.29, 1.82) is 0 Å². The van der Waals surface area contributed by atoms with E-state index in [1.807, 2.05) is 7.05 Å². The minimum atomic E-state index is -3.77. The van der Waals surface area contributed by atoms with Crippen molar-refractivity contribution in [2.75, 3.05) is 38.5 Å². The van der Waals surface area contributed by atoms with Gasteiger partial charge in [0.15, 0.2) is 0 Å². The fraction of sp³-hybridized carbons (Fsp3) is 0.600. The van der Waals surface area contributed by atoms with Crippen molar-refractivity contribution >= 4 is 52.4 Å². The van der Waals surface area contributed by atoms with Gasteiger partial charge in [0.25, 0.3) is 5.91 Å². The first-order chi connectivity index (χ1) is 23.3. The second-order valence-corrected chi connectivity index (χ2v) is 16.0. The lowest BCUT2D eigenvalue weighted by molar-refractivity contribution is -0.147. The standard InChI is InChI=1S/C35H46F3N5O4S2/c1-5-28(44)40-29(30(45)43-16-14-42(4)15-17-43)22(3)23-12-13-27(26(36)19-23)39-31(46)34(24-10-8-6-7-9-11-24)33(49-34)41-32(47)35(37,38)25-18-21(2)48-20-25/h12-13,18-20,22,24,29,33H,5-11,14-17H2,1-4H3,(H,39,46)(H,40,44)(H,41,47)/t22-,29+,33?,34-/m0/s1. The molecule has 4 amide bonds. The number of amides is 4. The van der Waals surface area contributed by atoms with Crippen molar-refractivity contribution in [2.45, 2.75) is 93.7 Å². The number of thioether (sulfide) groups is 1. The van der Waals surface area contributed by atoms with Crippen LogP contribution >= 0.6 is 23.1 Å². The van der Waals surface area contributed by atoms with Crippen LogP contribution in [0.1, 0.15) is 80.7 Å². The Morgan fingerprint density at radius 2 is 1.71 bits per heavy atom. The van der Waals surface area contributed by atoms with Crippen molar-refractivity contribution in [2.24, 2.45) is 5.92 Å². The quantitative estimate of drug-likeness (QED) is 0.206. The van der Waals surface area contributed by atoms with E-state index in [0.29, 0.717) is 49.5 Å². The number of thiophene rings is 1. The number of carbonyl (C=O) groups excluding carboxylic acids is 4. The second kappa shape index (κ2) is 15.4. The lowest BCUT2D eigenvalue weighted by Crippen LogP contribution is -2.55. The summed E-state index contributed by atoms with van der Waals surface area (Å²) in [5.74, 6) is -7.79. The highest BCUT2D eigenvalue weighted by molar-refractivity contribution is 8.09. The molecular formula is C35H46F3N5O4S2. The van der Waals surface area contributed by atoms with Gasteiger partial charge in [-0.25, -0.2) is 4.39 Å². The smallest absolute Gasteiger partial charge is 0.344 e. The van der Waals surface area contributed by atoms with Crippen LogP contribution in [0.3, 0.4) is 0 Å². The topological polar surface area (TPSA) is 111 Å². The van der Waals surface area contributed by atoms with Crippen LogP contribution in [-0.2, 0) is 25.1 Å². The average molecular weight is 722 g/mol. The van der Waals surface area contributed by atoms with Gasteiger partial charge in [0.2, 0.25) is 17.7 Å². The zero-order chi connectivity index (χ0) is 35.5. The Bertz CT molecular complexity index is 1540. The fourth-order valence-electron chi connectivity index (χ4n) is 6.85. The maximum atomic E-state index is 15.8. The molecule has 0 bridgehead atoms. The van der Waals surface area contributed by atoms with E-state index in [0.717, 1.165) is 48.8 Å². The number of likely N-dealkylation sites (N-methyl/N-ethyl adjacent to an activating group) is 1. The SMILES string of the molecule is CCC(=O)N[C@@H](C(=O)N1CCN(C)CC1)[C@@H](C)c1ccc(NC(=O)[C@]2(C3CCCCCC3)SC2NC(=O)C(F)(F)c2csc(C)c2)c(F)c1. The van der Waals surface area contributed by atoms with E-state index in [-0.39, 0.29) is 35.4 Å². The Kier molecular flexibility index (Phi) is 11.7. The monoisotopic (exact) mass is 721 g/mol. The van der Waals surface area contributed by atoms with Crippen molar-refractivity contribution in [3.8, 4) is 0 Å². The molecule has 1 aromatic heterocycles. The number of piperazine rings is 1. The highest BCUT2D eigenvalue weighted by Crippen LogP contribution is 2.60. The summed E-state index contributed by atoms with van der Waals surface area (Å²) in [7, 11) is 1.98. The van der Waals surface area contributed by atoms with Gasteiger partial charge < -0.3 is 25.8 Å². The molecule has 1 aromatic carbocycles. The molecule has 1 aliphatic carbocycles. The second-order valence-electron chi connectivity index (χ2n) is 13.5. The number of hydrogen-bond donors (Lipinski definition) is 3. The van der Waals surface area contributed by atoms with Gasteiger partial charge in [-0.3, -0.25) is 19.2 Å². The fourth-order valence-corrected chi connectivity index (χ4v) is 9.01. The van der Waals surface area contributed by atoms with E-state index in [4.69, 9.17) is 0 Å². The Morgan fingerprint density at radius 3 is 2.31 bits per heavy atom. The van der Waals surface area contributed by atoms with Gasteiger partial charge in [-0.15, -0.1) is 23.1 Å². The van der Waals surface area contributed by atoms with Crippen LogP contribution in [0.15, 0.2) is 29.6 Å². The molecule has 2 saturated heterocycles. The van der Waals surface area contributed by atoms with Crippen LogP contribution in [0, 0.1) is 18.7 Å². The van der Waals surface area contributed by atoms with Crippen molar-refractivity contribution in [3.05, 3.63) is 51.5 Å². The zero-order valence-electron chi connectivity index (χ0n) is 28.5. The van der Waals surface area contributed by atoms with E-state index >= 15 is 13.2 Å². The normalized spacial score (nSPS) is 23.2. The third kappa shape index (κ3) is 8.12. The number of halogens is 3. The van der Waals surface area contributed by atoms with Gasteiger partial charge in [0.05, 0.1) is 5.69 Å². The summed E-state index contributed by atoms with van der Waals surface area (Å²) in [6.45, 7) is 7.59. The molecule has 5 rings (SSSR count). The molecule has 2 aromatic rings. The van der Waals surface area contributed by atoms with Crippen LogP contribution in [0.5, 0.6) is 0 Å². The number of nitrogens with one attached hydrogen (secondary N) is 3. The Hall–Kier alpha value is -3.10. The minimum absolute atomic E-state index is 0.0925. The van der Waals surface area contributed by atoms with E-state index < -0.39 is 45.6 Å². The number of carbonyl (C=O) groups is 4. The molecule has 3 fully saturated rings. The van der Waals surface area contributed by atoms with Crippen LogP contribution in [0.4, 0.5) is 18.9 Å². The lowest BCUT2D eigenvalue weighted by atomic mass is 9.84. The molecule has 3 heterocycles. The van der Waals surface area contributed by atoms with Gasteiger partial charge in [-0.1, -0.05) is 45.6 Å². The lowest BCUT2D eigenvalue weighted by Gasteiger charge is -2.36. The molecular weight excluding hydrogens is 676 g/mol. The molecule has 14 heteroatoms. The highest BCUT2D eigenvalue weighted by atomic mass is 32.2. The van der Waals surface area contributed by atoms with Crippen LogP contribution < -0.4 is 16.0 Å². The zero-order valence-corrected chi connectivity index (χ0v) is 30.1. The molecule has 3 aliphatic rings. The number of nitrogens with zero attached hydrogens (tertiary/aromatic N) is 2. The summed E-state index contributed by atoms with van der Waals surface area (Å²) >= 11 is 2.26. The first-order valence-corrected chi connectivity index (χ1v) is 18.8. The Labute approximate surface area is 294 Å². The summed E-state index contributed by atoms with van der Waals surface area (Å²) in [6.07, 6.45) is 5.30. The first-order valence-electron chi connectivity index (χ1n) is 17.1. The highest BCUT2D eigenvalue weighted by Gasteiger charge is 2.67. The number of anilines is 1. The summed E-state index contributed by atoms with van der Waals surface area (Å²) in [6, 6.07) is 4.67. The minimum Gasteiger partial charge on any atom is -0.344 e. The Morgan fingerprint density at radius 1 is 1.04 bits per heavy atom. The molecule has 0 radical (unpaired) electrons. The summed E-state index contributed by atoms with van der Waals surface area (Å²) in [5.41, 5.74) is -0.0133. The van der Waals surface area contributed by atoms with Crippen molar-refractivity contribution < 1.29 is 32.3 Å². The summed E-state index contributed by atoms with van der Waals surface area (Å²) in [4.78, 5) is 57.4. The van der Waals surface area contributed by atoms with E-state index in [1.54, 1.807) is 31.7 Å². The van der Waals surface area contributed by atoms with Gasteiger partial charge in [-0.05, 0) is 56.5 Å². The van der Waals surface area contributed by atoms with Crippen molar-refractivity contribution in [1.82, 2.24) is 20.4 Å². The molecule has 0 spiro atoms. The average Bonchev–Trinajstić information content (AvgIpc) is 3.73. The van der Waals surface area contributed by atoms with Gasteiger partial charge >= 0.3 is 5.92 Å². The molecule has 1 unspecified atom stereocenters. The predicted molar refractivity (Wildman–Crippen MR) is 186 cm³/mol. The maximum Gasteiger partial charge on any atom is 0.350 e. The van der Waals surface area contributed by atoms with Crippen LogP contribution in [0.25, 0.3) is 0 Å². The van der Waals surface area contributed by atoms with Gasteiger partial charge in [0, 0.05) is 54.3 Å².